The molecule has 1 aromatic carbocycles. The Balaban J connectivity index is 1.56. The van der Waals surface area contributed by atoms with E-state index in [0.717, 1.165) is 19.3 Å². The van der Waals surface area contributed by atoms with Gasteiger partial charge in [0.1, 0.15) is 11.2 Å². The van der Waals surface area contributed by atoms with E-state index in [2.05, 4.69) is 9.88 Å². The van der Waals surface area contributed by atoms with Crippen molar-refractivity contribution in [3.05, 3.63) is 42.0 Å². The molecule has 5 rings (SSSR count). The molecule has 1 aromatic heterocycles. The van der Waals surface area contributed by atoms with Crippen molar-refractivity contribution in [1.82, 2.24) is 23.7 Å². The first kappa shape index (κ1) is 19.7. The molecule has 2 aromatic rings. The molecule has 0 N–H and O–H groups in total. The third kappa shape index (κ3) is 3.25. The normalized spacial score (nSPS) is 23.3. The van der Waals surface area contributed by atoms with Gasteiger partial charge in [-0.1, -0.05) is 12.1 Å². The maximum atomic E-state index is 13.4. The summed E-state index contributed by atoms with van der Waals surface area (Å²) in [4.78, 5) is 22.1. The first-order chi connectivity index (χ1) is 14.4. The zero-order valence-electron chi connectivity index (χ0n) is 17.4. The molecule has 2 aliphatic heterocycles. The van der Waals surface area contributed by atoms with Crippen molar-refractivity contribution < 1.29 is 13.2 Å². The summed E-state index contributed by atoms with van der Waals surface area (Å²) in [6.45, 7) is 2.01. The molecule has 0 radical (unpaired) electrons. The summed E-state index contributed by atoms with van der Waals surface area (Å²) in [5.74, 6) is 0.288. The van der Waals surface area contributed by atoms with E-state index in [1.165, 1.54) is 4.31 Å². The molecule has 3 aliphatic rings. The number of hydrogen-bond donors (Lipinski definition) is 0. The molecular formula is C21H27N5O3S. The standard InChI is InChI=1S/C21H27N5O3S/c1-23(2)16-9-10-24(12-16)21(27)20-18-13-25(11-15-7-8-15)30(28,29)19-6-4-3-5-17(19)26(18)14-22-20/h3-6,14-16H,7-13H2,1-2H3. The van der Waals surface area contributed by atoms with Crippen molar-refractivity contribution >= 4 is 15.9 Å². The van der Waals surface area contributed by atoms with Gasteiger partial charge in [-0.2, -0.15) is 4.31 Å². The van der Waals surface area contributed by atoms with E-state index < -0.39 is 10.0 Å². The Hall–Kier alpha value is -2.23. The second-order valence-corrected chi connectivity index (χ2v) is 10.7. The second-order valence-electron chi connectivity index (χ2n) is 8.78. The van der Waals surface area contributed by atoms with Gasteiger partial charge in [-0.25, -0.2) is 13.4 Å². The van der Waals surface area contributed by atoms with Crippen LogP contribution in [0.25, 0.3) is 5.69 Å². The van der Waals surface area contributed by atoms with Crippen LogP contribution in [-0.2, 0) is 16.6 Å². The predicted molar refractivity (Wildman–Crippen MR) is 112 cm³/mol. The van der Waals surface area contributed by atoms with Crippen LogP contribution in [0.2, 0.25) is 0 Å². The predicted octanol–water partition coefficient (Wildman–Crippen LogP) is 1.56. The lowest BCUT2D eigenvalue weighted by atomic mass is 10.2. The molecule has 1 saturated heterocycles. The van der Waals surface area contributed by atoms with Gasteiger partial charge in [-0.15, -0.1) is 0 Å². The Labute approximate surface area is 177 Å². The molecule has 1 saturated carbocycles. The molecule has 1 amide bonds. The number of amides is 1. The van der Waals surface area contributed by atoms with Crippen LogP contribution < -0.4 is 0 Å². The van der Waals surface area contributed by atoms with E-state index >= 15 is 0 Å². The Morgan fingerprint density at radius 2 is 1.97 bits per heavy atom. The maximum Gasteiger partial charge on any atom is 0.274 e. The minimum atomic E-state index is -3.64. The maximum absolute atomic E-state index is 13.4. The minimum absolute atomic E-state index is 0.115. The summed E-state index contributed by atoms with van der Waals surface area (Å²) in [5.41, 5.74) is 1.58. The molecular weight excluding hydrogens is 402 g/mol. The van der Waals surface area contributed by atoms with Gasteiger partial charge in [0, 0.05) is 25.7 Å². The zero-order chi connectivity index (χ0) is 21.0. The first-order valence-electron chi connectivity index (χ1n) is 10.5. The molecule has 2 fully saturated rings. The number of para-hydroxylation sites is 1. The fraction of sp³-hybridized carbons (Fsp3) is 0.524. The van der Waals surface area contributed by atoms with Gasteiger partial charge in [0.15, 0.2) is 5.69 Å². The fourth-order valence-corrected chi connectivity index (χ4v) is 6.08. The van der Waals surface area contributed by atoms with Crippen molar-refractivity contribution in [2.75, 3.05) is 33.7 Å². The van der Waals surface area contributed by atoms with Crippen LogP contribution in [-0.4, -0.2) is 77.8 Å². The van der Waals surface area contributed by atoms with Crippen molar-refractivity contribution in [2.24, 2.45) is 5.92 Å². The molecule has 9 heteroatoms. The Kier molecular flexibility index (Phi) is 4.72. The number of carbonyl (C=O) groups is 1. The number of carbonyl (C=O) groups excluding carboxylic acids is 1. The average molecular weight is 430 g/mol. The molecule has 1 atom stereocenters. The number of fused-ring (bicyclic) bond motifs is 3. The van der Waals surface area contributed by atoms with Gasteiger partial charge in [-0.05, 0) is 51.4 Å². The van der Waals surface area contributed by atoms with Crippen LogP contribution >= 0.6 is 0 Å². The Bertz CT molecular complexity index is 1090. The monoisotopic (exact) mass is 429 g/mol. The van der Waals surface area contributed by atoms with Gasteiger partial charge in [-0.3, -0.25) is 9.36 Å². The van der Waals surface area contributed by atoms with E-state index in [1.807, 2.05) is 25.1 Å². The van der Waals surface area contributed by atoms with Gasteiger partial charge in [0.05, 0.1) is 17.9 Å². The van der Waals surface area contributed by atoms with E-state index in [9.17, 15) is 13.2 Å². The molecule has 0 bridgehead atoms. The molecule has 160 valence electrons. The van der Waals surface area contributed by atoms with Gasteiger partial charge >= 0.3 is 0 Å². The van der Waals surface area contributed by atoms with E-state index in [1.54, 1.807) is 29.1 Å². The van der Waals surface area contributed by atoms with E-state index in [-0.39, 0.29) is 17.3 Å². The lowest BCUT2D eigenvalue weighted by Gasteiger charge is -2.22. The third-order valence-electron chi connectivity index (χ3n) is 6.48. The summed E-state index contributed by atoms with van der Waals surface area (Å²) < 4.78 is 30.1. The quantitative estimate of drug-likeness (QED) is 0.737. The topological polar surface area (TPSA) is 78.8 Å². The number of imidazole rings is 1. The van der Waals surface area contributed by atoms with E-state index in [0.29, 0.717) is 48.7 Å². The summed E-state index contributed by atoms with van der Waals surface area (Å²) in [7, 11) is 0.413. The lowest BCUT2D eigenvalue weighted by Crippen LogP contribution is -2.36. The average Bonchev–Trinajstić information content (AvgIpc) is 3.26. The van der Waals surface area contributed by atoms with Gasteiger partial charge < -0.3 is 9.80 Å². The number of aromatic nitrogens is 2. The van der Waals surface area contributed by atoms with Crippen molar-refractivity contribution in [2.45, 2.75) is 36.7 Å². The number of rotatable bonds is 4. The highest BCUT2D eigenvalue weighted by Crippen LogP contribution is 2.36. The molecule has 1 unspecified atom stereocenters. The number of likely N-dealkylation sites (N-methyl/N-ethyl adjacent to an activating group) is 1. The van der Waals surface area contributed by atoms with Crippen LogP contribution in [0.15, 0.2) is 35.5 Å². The Morgan fingerprint density at radius 1 is 1.20 bits per heavy atom. The highest BCUT2D eigenvalue weighted by molar-refractivity contribution is 7.89. The van der Waals surface area contributed by atoms with Crippen LogP contribution in [0, 0.1) is 5.92 Å². The summed E-state index contributed by atoms with van der Waals surface area (Å²) in [5, 5.41) is 0. The number of benzene rings is 1. The number of likely N-dealkylation sites (tertiary alicyclic amines) is 1. The largest absolute Gasteiger partial charge is 0.336 e. The van der Waals surface area contributed by atoms with Crippen molar-refractivity contribution in [3.8, 4) is 5.69 Å². The van der Waals surface area contributed by atoms with Crippen LogP contribution in [0.3, 0.4) is 0 Å². The van der Waals surface area contributed by atoms with Crippen LogP contribution in [0.1, 0.15) is 35.4 Å². The highest BCUT2D eigenvalue weighted by Gasteiger charge is 2.39. The molecule has 8 nitrogen and oxygen atoms in total. The van der Waals surface area contributed by atoms with Gasteiger partial charge in [0.2, 0.25) is 10.0 Å². The van der Waals surface area contributed by atoms with Crippen molar-refractivity contribution in [3.63, 3.8) is 0 Å². The molecule has 0 spiro atoms. The molecule has 30 heavy (non-hydrogen) atoms. The molecule has 1 aliphatic carbocycles. The fourth-order valence-electron chi connectivity index (χ4n) is 4.43. The lowest BCUT2D eigenvalue weighted by molar-refractivity contribution is 0.0776. The zero-order valence-corrected chi connectivity index (χ0v) is 18.2. The van der Waals surface area contributed by atoms with Gasteiger partial charge in [0.25, 0.3) is 5.91 Å². The summed E-state index contributed by atoms with van der Waals surface area (Å²) >= 11 is 0. The number of hydrogen-bond acceptors (Lipinski definition) is 5. The van der Waals surface area contributed by atoms with E-state index in [4.69, 9.17) is 0 Å². The Morgan fingerprint density at radius 3 is 2.67 bits per heavy atom. The number of sulfonamides is 1. The smallest absolute Gasteiger partial charge is 0.274 e. The minimum Gasteiger partial charge on any atom is -0.336 e. The first-order valence-corrected chi connectivity index (χ1v) is 11.9. The third-order valence-corrected chi connectivity index (χ3v) is 8.34. The number of nitrogens with zero attached hydrogens (tertiary/aromatic N) is 5. The summed E-state index contributed by atoms with van der Waals surface area (Å²) in [6, 6.07) is 7.32. The SMILES string of the molecule is CN(C)C1CCN(C(=O)c2ncn3c2CN(CC2CC2)S(=O)(=O)c2ccccc2-3)C1. The second kappa shape index (κ2) is 7.18. The van der Waals surface area contributed by atoms with Crippen LogP contribution in [0.5, 0.6) is 0 Å². The van der Waals surface area contributed by atoms with Crippen molar-refractivity contribution in [1.29, 1.82) is 0 Å². The molecule has 3 heterocycles. The van der Waals surface area contributed by atoms with Crippen LogP contribution in [0.4, 0.5) is 0 Å². The highest BCUT2D eigenvalue weighted by atomic mass is 32.2. The summed E-state index contributed by atoms with van der Waals surface area (Å²) in [6.07, 6.45) is 4.63.